The second-order valence-corrected chi connectivity index (χ2v) is 5.85. The summed E-state index contributed by atoms with van der Waals surface area (Å²) in [5.41, 5.74) is 1.48. The lowest BCUT2D eigenvalue weighted by Gasteiger charge is -2.38. The summed E-state index contributed by atoms with van der Waals surface area (Å²) in [5, 5.41) is 19.4. The standard InChI is InChI=1S/C17H17F2N3O3/c1-10-7-22(8-13(9-23)24-10)16-11(5-20)6-21-15-3-2-12(4-14(15)16)25-17(18)19/h2-4,6,10,13,17,23H,7-9H2,1H3. The number of anilines is 1. The molecule has 0 saturated carbocycles. The van der Waals surface area contributed by atoms with Crippen molar-refractivity contribution in [2.45, 2.75) is 25.7 Å². The highest BCUT2D eigenvalue weighted by molar-refractivity contribution is 5.95. The van der Waals surface area contributed by atoms with Crippen LogP contribution in [0.5, 0.6) is 5.75 Å². The molecule has 0 aliphatic carbocycles. The van der Waals surface area contributed by atoms with Gasteiger partial charge in [-0.05, 0) is 25.1 Å². The molecular weight excluding hydrogens is 332 g/mol. The number of hydrogen-bond acceptors (Lipinski definition) is 6. The molecule has 1 aliphatic rings. The first-order valence-electron chi connectivity index (χ1n) is 7.80. The normalized spacial score (nSPS) is 20.7. The van der Waals surface area contributed by atoms with E-state index in [1.807, 2.05) is 11.8 Å². The zero-order chi connectivity index (χ0) is 18.0. The Labute approximate surface area is 143 Å². The zero-order valence-electron chi connectivity index (χ0n) is 13.5. The van der Waals surface area contributed by atoms with Gasteiger partial charge in [0, 0.05) is 24.7 Å². The third-order valence-electron chi connectivity index (χ3n) is 4.00. The van der Waals surface area contributed by atoms with Crippen molar-refractivity contribution in [1.82, 2.24) is 4.98 Å². The minimum atomic E-state index is -2.94. The summed E-state index contributed by atoms with van der Waals surface area (Å²) in [6.07, 6.45) is 0.916. The van der Waals surface area contributed by atoms with Crippen LogP contribution in [0.1, 0.15) is 12.5 Å². The number of ether oxygens (including phenoxy) is 2. The first-order valence-corrected chi connectivity index (χ1v) is 7.80. The van der Waals surface area contributed by atoms with Crippen molar-refractivity contribution >= 4 is 16.6 Å². The molecule has 25 heavy (non-hydrogen) atoms. The Kier molecular flexibility index (Phi) is 4.97. The van der Waals surface area contributed by atoms with Crippen molar-refractivity contribution in [1.29, 1.82) is 5.26 Å². The van der Waals surface area contributed by atoms with Crippen LogP contribution in [-0.4, -0.2) is 48.6 Å². The first kappa shape index (κ1) is 17.3. The minimum absolute atomic E-state index is 0.000607. The van der Waals surface area contributed by atoms with Gasteiger partial charge < -0.3 is 19.5 Å². The molecule has 132 valence electrons. The highest BCUT2D eigenvalue weighted by Crippen LogP contribution is 2.34. The maximum atomic E-state index is 12.5. The molecule has 1 aliphatic heterocycles. The Balaban J connectivity index is 2.12. The molecule has 8 heteroatoms. The predicted molar refractivity (Wildman–Crippen MR) is 86.7 cm³/mol. The number of hydrogen-bond donors (Lipinski definition) is 1. The van der Waals surface area contributed by atoms with Crippen LogP contribution in [0.25, 0.3) is 10.9 Å². The van der Waals surface area contributed by atoms with Gasteiger partial charge in [-0.25, -0.2) is 0 Å². The number of fused-ring (bicyclic) bond motifs is 1. The summed E-state index contributed by atoms with van der Waals surface area (Å²) < 4.78 is 35.2. The van der Waals surface area contributed by atoms with E-state index in [9.17, 15) is 19.1 Å². The van der Waals surface area contributed by atoms with Gasteiger partial charge in [-0.3, -0.25) is 4.98 Å². The molecule has 0 radical (unpaired) electrons. The number of nitrogens with zero attached hydrogens (tertiary/aromatic N) is 3. The van der Waals surface area contributed by atoms with Crippen molar-refractivity contribution in [2.24, 2.45) is 0 Å². The molecule has 2 heterocycles. The summed E-state index contributed by atoms with van der Waals surface area (Å²) in [7, 11) is 0. The van der Waals surface area contributed by atoms with Crippen LogP contribution < -0.4 is 9.64 Å². The fourth-order valence-electron chi connectivity index (χ4n) is 3.09. The van der Waals surface area contributed by atoms with Crippen LogP contribution >= 0.6 is 0 Å². The fraction of sp³-hybridized carbons (Fsp3) is 0.412. The molecule has 2 unspecified atom stereocenters. The van der Waals surface area contributed by atoms with Crippen LogP contribution in [0.3, 0.4) is 0 Å². The quantitative estimate of drug-likeness (QED) is 0.912. The number of aromatic nitrogens is 1. The van der Waals surface area contributed by atoms with E-state index >= 15 is 0 Å². The number of alkyl halides is 2. The van der Waals surface area contributed by atoms with Crippen molar-refractivity contribution in [2.75, 3.05) is 24.6 Å². The highest BCUT2D eigenvalue weighted by atomic mass is 19.3. The number of aliphatic hydroxyl groups is 1. The van der Waals surface area contributed by atoms with Crippen molar-refractivity contribution < 1.29 is 23.4 Å². The lowest BCUT2D eigenvalue weighted by Crippen LogP contribution is -2.48. The fourth-order valence-corrected chi connectivity index (χ4v) is 3.09. The zero-order valence-corrected chi connectivity index (χ0v) is 13.5. The largest absolute Gasteiger partial charge is 0.435 e. The number of halogens is 2. The van der Waals surface area contributed by atoms with Gasteiger partial charge in [0.05, 0.1) is 35.6 Å². The Morgan fingerprint density at radius 1 is 1.48 bits per heavy atom. The van der Waals surface area contributed by atoms with Gasteiger partial charge in [-0.2, -0.15) is 14.0 Å². The maximum absolute atomic E-state index is 12.5. The Hall–Kier alpha value is -2.50. The number of rotatable bonds is 4. The summed E-state index contributed by atoms with van der Waals surface area (Å²) in [4.78, 5) is 6.13. The third-order valence-corrected chi connectivity index (χ3v) is 4.00. The van der Waals surface area contributed by atoms with Crippen LogP contribution in [-0.2, 0) is 4.74 Å². The monoisotopic (exact) mass is 349 g/mol. The molecule has 6 nitrogen and oxygen atoms in total. The second-order valence-electron chi connectivity index (χ2n) is 5.85. The molecule has 1 saturated heterocycles. The van der Waals surface area contributed by atoms with Gasteiger partial charge in [0.1, 0.15) is 11.8 Å². The second kappa shape index (κ2) is 7.17. The number of aliphatic hydroxyl groups excluding tert-OH is 1. The van der Waals surface area contributed by atoms with E-state index in [0.29, 0.717) is 35.2 Å². The van der Waals surface area contributed by atoms with Gasteiger partial charge in [0.25, 0.3) is 0 Å². The molecule has 1 N–H and O–H groups in total. The van der Waals surface area contributed by atoms with E-state index in [0.717, 1.165) is 0 Å². The summed E-state index contributed by atoms with van der Waals surface area (Å²) in [5.74, 6) is 0.000607. The SMILES string of the molecule is CC1CN(c2c(C#N)cnc3ccc(OC(F)F)cc23)CC(CO)O1. The van der Waals surface area contributed by atoms with E-state index in [2.05, 4.69) is 15.8 Å². The third kappa shape index (κ3) is 3.62. The van der Waals surface area contributed by atoms with E-state index < -0.39 is 6.61 Å². The summed E-state index contributed by atoms with van der Waals surface area (Å²) in [6.45, 7) is -0.324. The van der Waals surface area contributed by atoms with Crippen LogP contribution in [0, 0.1) is 11.3 Å². The average molecular weight is 349 g/mol. The molecule has 1 aromatic heterocycles. The number of benzene rings is 1. The molecule has 0 spiro atoms. The van der Waals surface area contributed by atoms with Crippen molar-refractivity contribution in [3.8, 4) is 11.8 Å². The van der Waals surface area contributed by atoms with E-state index in [-0.39, 0.29) is 24.6 Å². The summed E-state index contributed by atoms with van der Waals surface area (Å²) in [6, 6.07) is 6.54. The van der Waals surface area contributed by atoms with Crippen LogP contribution in [0.4, 0.5) is 14.5 Å². The number of pyridine rings is 1. The maximum Gasteiger partial charge on any atom is 0.387 e. The molecule has 2 aromatic rings. The molecule has 0 bridgehead atoms. The summed E-state index contributed by atoms with van der Waals surface area (Å²) >= 11 is 0. The van der Waals surface area contributed by atoms with Gasteiger partial charge in [-0.1, -0.05) is 0 Å². The van der Waals surface area contributed by atoms with Crippen molar-refractivity contribution in [3.05, 3.63) is 30.0 Å². The Bertz CT molecular complexity index is 810. The lowest BCUT2D eigenvalue weighted by molar-refractivity contribution is -0.0497. The predicted octanol–water partition coefficient (Wildman–Crippen LogP) is 2.29. The van der Waals surface area contributed by atoms with E-state index in [4.69, 9.17) is 4.74 Å². The van der Waals surface area contributed by atoms with Gasteiger partial charge >= 0.3 is 6.61 Å². The number of nitriles is 1. The van der Waals surface area contributed by atoms with Crippen LogP contribution in [0.15, 0.2) is 24.4 Å². The van der Waals surface area contributed by atoms with Gasteiger partial charge in [0.15, 0.2) is 0 Å². The average Bonchev–Trinajstić information content (AvgIpc) is 2.59. The molecule has 1 fully saturated rings. The van der Waals surface area contributed by atoms with Gasteiger partial charge in [0.2, 0.25) is 0 Å². The Morgan fingerprint density at radius 3 is 2.96 bits per heavy atom. The lowest BCUT2D eigenvalue weighted by atomic mass is 10.1. The van der Waals surface area contributed by atoms with Crippen LogP contribution in [0.2, 0.25) is 0 Å². The molecule has 2 atom stereocenters. The van der Waals surface area contributed by atoms with Gasteiger partial charge in [-0.15, -0.1) is 0 Å². The Morgan fingerprint density at radius 2 is 2.28 bits per heavy atom. The topological polar surface area (TPSA) is 78.6 Å². The van der Waals surface area contributed by atoms with E-state index in [1.165, 1.54) is 18.3 Å². The highest BCUT2D eigenvalue weighted by Gasteiger charge is 2.28. The number of morpholine rings is 1. The minimum Gasteiger partial charge on any atom is -0.435 e. The van der Waals surface area contributed by atoms with E-state index in [1.54, 1.807) is 6.07 Å². The smallest absolute Gasteiger partial charge is 0.387 e. The molecular formula is C17H17F2N3O3. The first-order chi connectivity index (χ1) is 12.0. The van der Waals surface area contributed by atoms with Crippen molar-refractivity contribution in [3.63, 3.8) is 0 Å². The molecule has 1 aromatic carbocycles. The molecule has 3 rings (SSSR count). The molecule has 0 amide bonds.